The second-order valence-electron chi connectivity index (χ2n) is 7.12. The molecule has 0 unspecified atom stereocenters. The lowest BCUT2D eigenvalue weighted by molar-refractivity contribution is 0.0601. The van der Waals surface area contributed by atoms with Crippen molar-refractivity contribution in [3.63, 3.8) is 0 Å². The van der Waals surface area contributed by atoms with Crippen LogP contribution in [0, 0.1) is 0 Å². The van der Waals surface area contributed by atoms with Gasteiger partial charge in [0.05, 0.1) is 29.6 Å². The zero-order valence-electron chi connectivity index (χ0n) is 17.3. The summed E-state index contributed by atoms with van der Waals surface area (Å²) in [4.78, 5) is 19.7. The molecule has 6 heteroatoms. The van der Waals surface area contributed by atoms with Gasteiger partial charge in [0.15, 0.2) is 5.88 Å². The fraction of sp³-hybridized carbons (Fsp3) is 0.120. The molecule has 0 radical (unpaired) electrons. The minimum atomic E-state index is -0.434. The summed E-state index contributed by atoms with van der Waals surface area (Å²) in [6.07, 6.45) is 0. The first-order chi connectivity index (χ1) is 15.1. The van der Waals surface area contributed by atoms with E-state index in [0.29, 0.717) is 22.4 Å². The van der Waals surface area contributed by atoms with Crippen molar-refractivity contribution in [2.24, 2.45) is 4.99 Å². The van der Waals surface area contributed by atoms with Crippen LogP contribution in [0.15, 0.2) is 77.8 Å². The van der Waals surface area contributed by atoms with Crippen LogP contribution < -0.4 is 5.32 Å². The van der Waals surface area contributed by atoms with Gasteiger partial charge in [0.2, 0.25) is 0 Å². The Balaban J connectivity index is 1.87. The Kier molecular flexibility index (Phi) is 5.82. The number of fused-ring (bicyclic) bond motifs is 1. The molecule has 0 aliphatic rings. The quantitative estimate of drug-likeness (QED) is 0.320. The third-order valence-corrected chi connectivity index (χ3v) is 5.04. The van der Waals surface area contributed by atoms with Crippen LogP contribution in [0.25, 0.3) is 10.9 Å². The molecule has 0 aliphatic carbocycles. The number of carbonyl (C=O) groups is 1. The molecule has 0 amide bonds. The van der Waals surface area contributed by atoms with E-state index in [1.807, 2.05) is 61.6 Å². The summed E-state index contributed by atoms with van der Waals surface area (Å²) < 4.78 is 4.80. The van der Waals surface area contributed by atoms with Gasteiger partial charge in [-0.1, -0.05) is 48.5 Å². The molecule has 4 aromatic rings. The van der Waals surface area contributed by atoms with Crippen molar-refractivity contribution in [1.82, 2.24) is 10.3 Å². The fourth-order valence-corrected chi connectivity index (χ4v) is 3.55. The lowest BCUT2D eigenvalue weighted by Gasteiger charge is -2.08. The van der Waals surface area contributed by atoms with Gasteiger partial charge in [-0.3, -0.25) is 0 Å². The number of esters is 1. The molecule has 0 atom stereocenters. The smallest absolute Gasteiger partial charge is 0.337 e. The fourth-order valence-electron chi connectivity index (χ4n) is 3.55. The van der Waals surface area contributed by atoms with Gasteiger partial charge in [-0.15, -0.1) is 0 Å². The molecule has 0 saturated carbocycles. The predicted molar refractivity (Wildman–Crippen MR) is 122 cm³/mol. The van der Waals surface area contributed by atoms with Crippen molar-refractivity contribution < 1.29 is 14.6 Å². The molecule has 0 saturated heterocycles. The van der Waals surface area contributed by atoms with Crippen LogP contribution >= 0.6 is 0 Å². The van der Waals surface area contributed by atoms with Crippen molar-refractivity contribution in [3.05, 3.63) is 95.1 Å². The predicted octanol–water partition coefficient (Wildman–Crippen LogP) is 4.55. The second kappa shape index (κ2) is 8.85. The van der Waals surface area contributed by atoms with Gasteiger partial charge in [0.1, 0.15) is 0 Å². The second-order valence-corrected chi connectivity index (χ2v) is 7.12. The number of aromatic nitrogens is 1. The van der Waals surface area contributed by atoms with Gasteiger partial charge >= 0.3 is 5.97 Å². The number of rotatable bonds is 6. The Hall–Kier alpha value is -3.90. The number of benzene rings is 3. The molecule has 0 aliphatic heterocycles. The van der Waals surface area contributed by atoms with Gasteiger partial charge < -0.3 is 20.1 Å². The number of ether oxygens (including phenoxy) is 1. The van der Waals surface area contributed by atoms with Gasteiger partial charge in [-0.25, -0.2) is 9.79 Å². The molecule has 6 nitrogen and oxygen atoms in total. The molecule has 1 heterocycles. The average Bonchev–Trinajstić information content (AvgIpc) is 3.13. The van der Waals surface area contributed by atoms with E-state index >= 15 is 0 Å². The zero-order chi connectivity index (χ0) is 21.8. The van der Waals surface area contributed by atoms with Gasteiger partial charge in [0.25, 0.3) is 0 Å². The third-order valence-electron chi connectivity index (χ3n) is 5.04. The Morgan fingerprint density at radius 3 is 2.45 bits per heavy atom. The summed E-state index contributed by atoms with van der Waals surface area (Å²) >= 11 is 0. The van der Waals surface area contributed by atoms with Crippen LogP contribution in [0.2, 0.25) is 0 Å². The van der Waals surface area contributed by atoms with E-state index in [4.69, 9.17) is 9.73 Å². The summed E-state index contributed by atoms with van der Waals surface area (Å²) in [6, 6.07) is 22.8. The number of methoxy groups -OCH3 is 1. The van der Waals surface area contributed by atoms with Crippen molar-refractivity contribution in [2.45, 2.75) is 6.54 Å². The molecular formula is C25H23N3O3. The van der Waals surface area contributed by atoms with E-state index in [2.05, 4.69) is 10.3 Å². The highest BCUT2D eigenvalue weighted by Gasteiger charge is 2.19. The highest BCUT2D eigenvalue weighted by Crippen LogP contribution is 2.32. The SMILES string of the molecule is CNCc1ccc(N=C(c2ccccc2)c2c(O)[nH]c3cc(C(=O)OC)ccc23)cc1. The molecular weight excluding hydrogens is 390 g/mol. The average molecular weight is 413 g/mol. The standard InChI is InChI=1S/C25H23N3O3/c1-26-15-16-8-11-19(12-9-16)27-23(17-6-4-3-5-7-17)22-20-13-10-18(25(30)31-2)14-21(20)28-24(22)29/h3-14,26,28-29H,15H2,1-2H3. The number of hydrogen-bond acceptors (Lipinski definition) is 5. The van der Waals surface area contributed by atoms with E-state index in [-0.39, 0.29) is 5.88 Å². The number of aromatic hydroxyl groups is 1. The summed E-state index contributed by atoms with van der Waals surface area (Å²) in [6.45, 7) is 0.779. The minimum absolute atomic E-state index is 0.00794. The first-order valence-corrected chi connectivity index (χ1v) is 9.91. The van der Waals surface area contributed by atoms with Crippen molar-refractivity contribution in [2.75, 3.05) is 14.2 Å². The lowest BCUT2D eigenvalue weighted by Crippen LogP contribution is -2.05. The van der Waals surface area contributed by atoms with Crippen LogP contribution in [0.1, 0.15) is 27.0 Å². The molecule has 0 fully saturated rings. The van der Waals surface area contributed by atoms with Crippen LogP contribution in [-0.2, 0) is 11.3 Å². The molecule has 0 bridgehead atoms. The van der Waals surface area contributed by atoms with Gasteiger partial charge in [0, 0.05) is 23.0 Å². The molecule has 3 aromatic carbocycles. The summed E-state index contributed by atoms with van der Waals surface area (Å²) in [5, 5.41) is 14.7. The normalized spacial score (nSPS) is 11.6. The minimum Gasteiger partial charge on any atom is -0.494 e. The number of aromatic amines is 1. The molecule has 4 rings (SSSR count). The number of nitrogens with zero attached hydrogens (tertiary/aromatic N) is 1. The summed E-state index contributed by atoms with van der Waals surface area (Å²) in [5.74, 6) is -0.442. The van der Waals surface area contributed by atoms with Gasteiger partial charge in [-0.2, -0.15) is 0 Å². The Morgan fingerprint density at radius 2 is 1.77 bits per heavy atom. The first kappa shape index (κ1) is 20.4. The highest BCUT2D eigenvalue weighted by atomic mass is 16.5. The van der Waals surface area contributed by atoms with Gasteiger partial charge in [-0.05, 0) is 36.9 Å². The molecule has 1 aromatic heterocycles. The van der Waals surface area contributed by atoms with Crippen molar-refractivity contribution in [3.8, 4) is 5.88 Å². The molecule has 0 spiro atoms. The van der Waals surface area contributed by atoms with E-state index < -0.39 is 5.97 Å². The Morgan fingerprint density at radius 1 is 1.03 bits per heavy atom. The van der Waals surface area contributed by atoms with Crippen LogP contribution in [0.4, 0.5) is 5.69 Å². The largest absolute Gasteiger partial charge is 0.494 e. The molecule has 156 valence electrons. The van der Waals surface area contributed by atoms with Crippen LogP contribution in [0.3, 0.4) is 0 Å². The monoisotopic (exact) mass is 413 g/mol. The van der Waals surface area contributed by atoms with Crippen molar-refractivity contribution >= 4 is 28.3 Å². The first-order valence-electron chi connectivity index (χ1n) is 9.91. The molecule has 31 heavy (non-hydrogen) atoms. The number of hydrogen-bond donors (Lipinski definition) is 3. The lowest BCUT2D eigenvalue weighted by atomic mass is 10.00. The molecule has 3 N–H and O–H groups in total. The Labute approximate surface area is 180 Å². The number of aliphatic imine (C=N–C) groups is 1. The van der Waals surface area contributed by atoms with E-state index in [1.165, 1.54) is 7.11 Å². The maximum absolute atomic E-state index is 11.9. The topological polar surface area (TPSA) is 86.7 Å². The summed E-state index contributed by atoms with van der Waals surface area (Å²) in [5.41, 5.74) is 5.06. The third kappa shape index (κ3) is 4.20. The number of H-pyrrole nitrogens is 1. The van der Waals surface area contributed by atoms with Crippen molar-refractivity contribution in [1.29, 1.82) is 0 Å². The van der Waals surface area contributed by atoms with Crippen LogP contribution in [0.5, 0.6) is 5.88 Å². The van der Waals surface area contributed by atoms with E-state index in [0.717, 1.165) is 28.7 Å². The van der Waals surface area contributed by atoms with E-state index in [9.17, 15) is 9.90 Å². The maximum atomic E-state index is 11.9. The van der Waals surface area contributed by atoms with E-state index in [1.54, 1.807) is 18.2 Å². The maximum Gasteiger partial charge on any atom is 0.337 e. The number of carbonyl (C=O) groups excluding carboxylic acids is 1. The zero-order valence-corrected chi connectivity index (χ0v) is 17.3. The number of nitrogens with one attached hydrogen (secondary N) is 2. The summed E-state index contributed by atoms with van der Waals surface area (Å²) in [7, 11) is 3.25. The highest BCUT2D eigenvalue weighted by molar-refractivity contribution is 6.22. The Bertz CT molecular complexity index is 1240. The van der Waals surface area contributed by atoms with Crippen LogP contribution in [-0.4, -0.2) is 35.9 Å².